The van der Waals surface area contributed by atoms with Crippen molar-refractivity contribution in [2.45, 2.75) is 64.2 Å². The SMILES string of the molecule is Nc1ccc(F)c(F)c1CC1CCN(CC2CCCCCCC2)CC1. The molecule has 25 heavy (non-hydrogen) atoms. The highest BCUT2D eigenvalue weighted by Crippen LogP contribution is 2.29. The number of halogens is 2. The van der Waals surface area contributed by atoms with Crippen molar-refractivity contribution < 1.29 is 8.78 Å². The van der Waals surface area contributed by atoms with Gasteiger partial charge in [0, 0.05) is 17.8 Å². The highest BCUT2D eigenvalue weighted by molar-refractivity contribution is 5.47. The Morgan fingerprint density at radius 2 is 1.52 bits per heavy atom. The lowest BCUT2D eigenvalue weighted by Crippen LogP contribution is -2.37. The average molecular weight is 350 g/mol. The molecular formula is C21H32F2N2. The number of hydrogen-bond acceptors (Lipinski definition) is 2. The van der Waals surface area contributed by atoms with Crippen LogP contribution in [0.1, 0.15) is 63.4 Å². The zero-order valence-corrected chi connectivity index (χ0v) is 15.3. The van der Waals surface area contributed by atoms with Gasteiger partial charge >= 0.3 is 0 Å². The molecule has 4 heteroatoms. The summed E-state index contributed by atoms with van der Waals surface area (Å²) in [6.45, 7) is 3.39. The molecule has 0 atom stereocenters. The largest absolute Gasteiger partial charge is 0.398 e. The topological polar surface area (TPSA) is 29.3 Å². The number of anilines is 1. The van der Waals surface area contributed by atoms with E-state index in [9.17, 15) is 8.78 Å². The third-order valence-corrected chi connectivity index (χ3v) is 6.17. The van der Waals surface area contributed by atoms with Crippen molar-refractivity contribution in [3.63, 3.8) is 0 Å². The average Bonchev–Trinajstić information content (AvgIpc) is 2.59. The van der Waals surface area contributed by atoms with Crippen LogP contribution in [0, 0.1) is 23.5 Å². The van der Waals surface area contributed by atoms with Gasteiger partial charge in [-0.05, 0) is 69.2 Å². The molecule has 0 bridgehead atoms. The molecule has 140 valence electrons. The molecule has 0 spiro atoms. The van der Waals surface area contributed by atoms with E-state index in [4.69, 9.17) is 5.73 Å². The number of rotatable bonds is 4. The van der Waals surface area contributed by atoms with Gasteiger partial charge in [0.2, 0.25) is 0 Å². The minimum absolute atomic E-state index is 0.374. The van der Waals surface area contributed by atoms with E-state index in [1.165, 1.54) is 57.6 Å². The van der Waals surface area contributed by atoms with Gasteiger partial charge in [0.25, 0.3) is 0 Å². The van der Waals surface area contributed by atoms with Crippen LogP contribution in [-0.2, 0) is 6.42 Å². The molecule has 1 aliphatic carbocycles. The van der Waals surface area contributed by atoms with Gasteiger partial charge in [0.15, 0.2) is 11.6 Å². The van der Waals surface area contributed by atoms with Crippen LogP contribution in [0.15, 0.2) is 12.1 Å². The van der Waals surface area contributed by atoms with Gasteiger partial charge in [-0.15, -0.1) is 0 Å². The predicted molar refractivity (Wildman–Crippen MR) is 99.4 cm³/mol. The first kappa shape index (κ1) is 18.6. The maximum Gasteiger partial charge on any atom is 0.164 e. The van der Waals surface area contributed by atoms with E-state index in [-0.39, 0.29) is 0 Å². The van der Waals surface area contributed by atoms with Crippen LogP contribution in [0.25, 0.3) is 0 Å². The molecule has 1 aromatic rings. The van der Waals surface area contributed by atoms with Gasteiger partial charge in [0.05, 0.1) is 0 Å². The number of hydrogen-bond donors (Lipinski definition) is 1. The molecule has 0 radical (unpaired) electrons. The fourth-order valence-electron chi connectivity index (χ4n) is 4.57. The smallest absolute Gasteiger partial charge is 0.164 e. The summed E-state index contributed by atoms with van der Waals surface area (Å²) in [5.41, 5.74) is 6.63. The zero-order valence-electron chi connectivity index (χ0n) is 15.3. The maximum absolute atomic E-state index is 14.0. The number of nitrogens with two attached hydrogens (primary N) is 1. The molecule has 0 amide bonds. The number of benzene rings is 1. The first-order valence-corrected chi connectivity index (χ1v) is 10.1. The summed E-state index contributed by atoms with van der Waals surface area (Å²) < 4.78 is 27.5. The third-order valence-electron chi connectivity index (χ3n) is 6.17. The number of likely N-dealkylation sites (tertiary alicyclic amines) is 1. The summed E-state index contributed by atoms with van der Waals surface area (Å²) in [7, 11) is 0. The second-order valence-electron chi connectivity index (χ2n) is 8.09. The van der Waals surface area contributed by atoms with Gasteiger partial charge in [-0.1, -0.05) is 32.1 Å². The molecule has 1 saturated carbocycles. The Morgan fingerprint density at radius 3 is 2.20 bits per heavy atom. The van der Waals surface area contributed by atoms with Gasteiger partial charge in [-0.3, -0.25) is 0 Å². The zero-order chi connectivity index (χ0) is 17.6. The van der Waals surface area contributed by atoms with Crippen molar-refractivity contribution in [3.8, 4) is 0 Å². The summed E-state index contributed by atoms with van der Waals surface area (Å²) in [6.07, 6.45) is 12.4. The quantitative estimate of drug-likeness (QED) is 0.760. The van der Waals surface area contributed by atoms with Crippen molar-refractivity contribution >= 4 is 5.69 Å². The van der Waals surface area contributed by atoms with E-state index in [1.807, 2.05) is 0 Å². The second-order valence-corrected chi connectivity index (χ2v) is 8.09. The summed E-state index contributed by atoms with van der Waals surface area (Å²) >= 11 is 0. The summed E-state index contributed by atoms with van der Waals surface area (Å²) in [6, 6.07) is 2.60. The molecule has 0 aromatic heterocycles. The number of nitrogens with zero attached hydrogens (tertiary/aromatic N) is 1. The molecule has 1 saturated heterocycles. The third kappa shape index (κ3) is 5.16. The lowest BCUT2D eigenvalue weighted by Gasteiger charge is -2.35. The lowest BCUT2D eigenvalue weighted by molar-refractivity contribution is 0.149. The van der Waals surface area contributed by atoms with Crippen molar-refractivity contribution in [1.82, 2.24) is 4.90 Å². The van der Waals surface area contributed by atoms with Gasteiger partial charge in [-0.25, -0.2) is 8.78 Å². The van der Waals surface area contributed by atoms with E-state index in [0.29, 0.717) is 23.6 Å². The molecule has 0 unspecified atom stereocenters. The van der Waals surface area contributed by atoms with Gasteiger partial charge in [-0.2, -0.15) is 0 Å². The van der Waals surface area contributed by atoms with E-state index in [1.54, 1.807) is 0 Å². The summed E-state index contributed by atoms with van der Waals surface area (Å²) in [4.78, 5) is 2.59. The molecule has 2 aliphatic rings. The molecule has 2 nitrogen and oxygen atoms in total. The minimum atomic E-state index is -0.786. The predicted octanol–water partition coefficient (Wildman–Crippen LogP) is 5.16. The monoisotopic (exact) mass is 350 g/mol. The van der Waals surface area contributed by atoms with Crippen molar-refractivity contribution in [2.75, 3.05) is 25.4 Å². The van der Waals surface area contributed by atoms with Crippen molar-refractivity contribution in [3.05, 3.63) is 29.3 Å². The summed E-state index contributed by atoms with van der Waals surface area (Å²) in [5.74, 6) is -0.275. The molecular weight excluding hydrogens is 318 g/mol. The standard InChI is InChI=1S/C21H32F2N2/c22-19-8-9-20(24)18(21(19)23)14-16-10-12-25(13-11-16)15-17-6-4-2-1-3-5-7-17/h8-9,16-17H,1-7,10-15,24H2. The molecule has 1 aromatic carbocycles. The first-order chi connectivity index (χ1) is 12.1. The Hall–Kier alpha value is -1.16. The Bertz CT molecular complexity index is 545. The molecule has 1 heterocycles. The fourth-order valence-corrected chi connectivity index (χ4v) is 4.57. The molecule has 2 fully saturated rings. The van der Waals surface area contributed by atoms with Crippen LogP contribution in [0.2, 0.25) is 0 Å². The van der Waals surface area contributed by atoms with Crippen LogP contribution in [0.5, 0.6) is 0 Å². The lowest BCUT2D eigenvalue weighted by atomic mass is 9.87. The number of nitrogen functional groups attached to an aromatic ring is 1. The highest BCUT2D eigenvalue weighted by atomic mass is 19.2. The Labute approximate surface area is 150 Å². The van der Waals surface area contributed by atoms with Crippen molar-refractivity contribution in [1.29, 1.82) is 0 Å². The Morgan fingerprint density at radius 1 is 0.880 bits per heavy atom. The van der Waals surface area contributed by atoms with E-state index < -0.39 is 11.6 Å². The Balaban J connectivity index is 1.48. The fraction of sp³-hybridized carbons (Fsp3) is 0.714. The maximum atomic E-state index is 14.0. The highest BCUT2D eigenvalue weighted by Gasteiger charge is 2.24. The minimum Gasteiger partial charge on any atom is -0.398 e. The molecule has 2 N–H and O–H groups in total. The second kappa shape index (κ2) is 8.98. The van der Waals surface area contributed by atoms with Crippen LogP contribution in [-0.4, -0.2) is 24.5 Å². The van der Waals surface area contributed by atoms with E-state index in [2.05, 4.69) is 4.90 Å². The van der Waals surface area contributed by atoms with Crippen LogP contribution in [0.4, 0.5) is 14.5 Å². The van der Waals surface area contributed by atoms with Crippen molar-refractivity contribution in [2.24, 2.45) is 11.8 Å². The summed E-state index contributed by atoms with van der Waals surface area (Å²) in [5, 5.41) is 0. The van der Waals surface area contributed by atoms with Crippen LogP contribution in [0.3, 0.4) is 0 Å². The molecule has 1 aliphatic heterocycles. The normalized spacial score (nSPS) is 21.8. The van der Waals surface area contributed by atoms with E-state index >= 15 is 0 Å². The van der Waals surface area contributed by atoms with Gasteiger partial charge < -0.3 is 10.6 Å². The van der Waals surface area contributed by atoms with Crippen LogP contribution >= 0.6 is 0 Å². The number of piperidine rings is 1. The van der Waals surface area contributed by atoms with Gasteiger partial charge in [0.1, 0.15) is 0 Å². The first-order valence-electron chi connectivity index (χ1n) is 10.1. The van der Waals surface area contributed by atoms with E-state index in [0.717, 1.165) is 37.9 Å². The Kier molecular flexibility index (Phi) is 6.69. The molecule has 3 rings (SSSR count). The van der Waals surface area contributed by atoms with Crippen LogP contribution < -0.4 is 5.73 Å².